The average Bonchev–Trinajstić information content (AvgIpc) is 3.42. The molecule has 2 aromatic carbocycles. The van der Waals surface area contributed by atoms with E-state index in [1.807, 2.05) is 0 Å². The zero-order chi connectivity index (χ0) is 38.6. The summed E-state index contributed by atoms with van der Waals surface area (Å²) < 4.78 is 40.2. The van der Waals surface area contributed by atoms with Gasteiger partial charge in [-0.3, -0.25) is 0 Å². The van der Waals surface area contributed by atoms with E-state index in [4.69, 9.17) is 33.2 Å². The van der Waals surface area contributed by atoms with Crippen LogP contribution in [0.2, 0.25) is 0 Å². The largest absolute Gasteiger partial charge is 0.504 e. The number of carbonyl (C=O) groups is 1. The van der Waals surface area contributed by atoms with Crippen molar-refractivity contribution >= 4 is 12.0 Å². The summed E-state index contributed by atoms with van der Waals surface area (Å²) in [4.78, 5) is 12.7. The Kier molecular flexibility index (Phi) is 13.2. The third-order valence-corrected chi connectivity index (χ3v) is 9.10. The van der Waals surface area contributed by atoms with E-state index >= 15 is 0 Å². The van der Waals surface area contributed by atoms with E-state index in [-0.39, 0.29) is 30.3 Å². The van der Waals surface area contributed by atoms with Crippen LogP contribution in [0, 0.1) is 0 Å². The number of esters is 1. The molecule has 0 aromatic heterocycles. The van der Waals surface area contributed by atoms with Crippen molar-refractivity contribution in [1.29, 1.82) is 0 Å². The van der Waals surface area contributed by atoms with Gasteiger partial charge in [0, 0.05) is 6.08 Å². The molecule has 3 saturated heterocycles. The van der Waals surface area contributed by atoms with Crippen molar-refractivity contribution in [3.8, 4) is 23.0 Å². The molecule has 0 bridgehead atoms. The number of aliphatic hydroxyl groups excluding tert-OH is 6. The van der Waals surface area contributed by atoms with Crippen LogP contribution in [0.3, 0.4) is 0 Å². The van der Waals surface area contributed by atoms with Crippen molar-refractivity contribution in [2.45, 2.75) is 92.8 Å². The molecule has 11 N–H and O–H groups in total. The van der Waals surface area contributed by atoms with E-state index in [1.165, 1.54) is 49.4 Å². The maximum Gasteiger partial charge on any atom is 0.330 e. The first-order valence-electron chi connectivity index (χ1n) is 16.6. The molecule has 2 aromatic rings. The molecule has 53 heavy (non-hydrogen) atoms. The molecule has 0 radical (unpaired) electrons. The van der Waals surface area contributed by atoms with Crippen LogP contribution in [-0.4, -0.2) is 168 Å². The number of aliphatic hydroxyl groups is 7. The first kappa shape index (κ1) is 40.5. The van der Waals surface area contributed by atoms with E-state index in [0.29, 0.717) is 11.1 Å². The maximum absolute atomic E-state index is 12.7. The Bertz CT molecular complexity index is 1570. The van der Waals surface area contributed by atoms with Gasteiger partial charge >= 0.3 is 5.97 Å². The molecule has 3 heterocycles. The van der Waals surface area contributed by atoms with Crippen LogP contribution in [0.15, 0.2) is 42.5 Å². The molecule has 0 amide bonds. The van der Waals surface area contributed by atoms with Crippen LogP contribution < -0.4 is 0 Å². The Morgan fingerprint density at radius 3 is 2.17 bits per heavy atom. The van der Waals surface area contributed by atoms with Gasteiger partial charge in [-0.15, -0.1) is 0 Å². The predicted molar refractivity (Wildman–Crippen MR) is 174 cm³/mol. The monoisotopic (exact) mass is 756 g/mol. The van der Waals surface area contributed by atoms with Crippen LogP contribution in [0.5, 0.6) is 23.0 Å². The number of aromatic hydroxyl groups is 4. The summed E-state index contributed by atoms with van der Waals surface area (Å²) in [5.41, 5.74) is -1.27. The number of hydrogen-bond donors (Lipinski definition) is 11. The fraction of sp³-hybridized carbons (Fsp3) is 0.559. The number of phenolic OH excluding ortho intramolecular Hbond substituents is 4. The Balaban J connectivity index is 1.40. The lowest BCUT2D eigenvalue weighted by Crippen LogP contribution is -2.65. The quantitative estimate of drug-likeness (QED) is 0.0569. The third-order valence-electron chi connectivity index (χ3n) is 9.10. The molecular formula is C34H44O19. The predicted octanol–water partition coefficient (Wildman–Crippen LogP) is -2.55. The summed E-state index contributed by atoms with van der Waals surface area (Å²) in [5.74, 6) is -2.44. The van der Waals surface area contributed by atoms with E-state index in [2.05, 4.69) is 0 Å². The number of hydrogen-bond acceptors (Lipinski definition) is 19. The van der Waals surface area contributed by atoms with Gasteiger partial charge in [-0.05, 0) is 54.8 Å². The van der Waals surface area contributed by atoms with Crippen molar-refractivity contribution in [3.05, 3.63) is 53.6 Å². The van der Waals surface area contributed by atoms with Crippen LogP contribution in [-0.2, 0) is 44.4 Å². The van der Waals surface area contributed by atoms with Gasteiger partial charge in [-0.1, -0.05) is 12.1 Å². The molecule has 3 aliphatic heterocycles. The van der Waals surface area contributed by atoms with Gasteiger partial charge < -0.3 is 89.3 Å². The van der Waals surface area contributed by atoms with E-state index in [0.717, 1.165) is 6.08 Å². The number of rotatable bonds is 13. The molecule has 0 saturated carbocycles. The van der Waals surface area contributed by atoms with Crippen molar-refractivity contribution in [3.63, 3.8) is 0 Å². The highest BCUT2D eigenvalue weighted by Gasteiger charge is 2.55. The van der Waals surface area contributed by atoms with Crippen molar-refractivity contribution in [2.75, 3.05) is 26.4 Å². The number of ether oxygens (including phenoxy) is 7. The van der Waals surface area contributed by atoms with Gasteiger partial charge in [-0.25, -0.2) is 4.79 Å². The van der Waals surface area contributed by atoms with E-state index in [9.17, 15) is 61.0 Å². The van der Waals surface area contributed by atoms with E-state index < -0.39 is 111 Å². The molecule has 19 nitrogen and oxygen atoms in total. The molecule has 3 aliphatic rings. The molecule has 0 unspecified atom stereocenters. The highest BCUT2D eigenvalue weighted by molar-refractivity contribution is 5.87. The molecular weight excluding hydrogens is 712 g/mol. The van der Waals surface area contributed by atoms with E-state index in [1.54, 1.807) is 0 Å². The normalized spacial score (nSPS) is 36.2. The molecule has 5 rings (SSSR count). The second kappa shape index (κ2) is 17.2. The Morgan fingerprint density at radius 2 is 1.51 bits per heavy atom. The summed E-state index contributed by atoms with van der Waals surface area (Å²) in [7, 11) is 0. The van der Waals surface area contributed by atoms with Gasteiger partial charge in [0.2, 0.25) is 0 Å². The van der Waals surface area contributed by atoms with Gasteiger partial charge in [0.1, 0.15) is 61.0 Å². The van der Waals surface area contributed by atoms with Gasteiger partial charge in [0.25, 0.3) is 0 Å². The lowest BCUT2D eigenvalue weighted by atomic mass is 9.96. The molecule has 294 valence electrons. The Morgan fingerprint density at radius 1 is 0.830 bits per heavy atom. The van der Waals surface area contributed by atoms with Crippen LogP contribution >= 0.6 is 0 Å². The molecule has 0 spiro atoms. The van der Waals surface area contributed by atoms with Gasteiger partial charge in [0.15, 0.2) is 41.9 Å². The topological polar surface area (TPSA) is 304 Å². The summed E-state index contributed by atoms with van der Waals surface area (Å²) in [5, 5.41) is 113. The molecule has 0 aliphatic carbocycles. The second-order valence-corrected chi connectivity index (χ2v) is 13.0. The van der Waals surface area contributed by atoms with Crippen molar-refractivity contribution in [2.24, 2.45) is 0 Å². The zero-order valence-corrected chi connectivity index (χ0v) is 28.3. The van der Waals surface area contributed by atoms with Crippen LogP contribution in [0.25, 0.3) is 6.08 Å². The lowest BCUT2D eigenvalue weighted by Gasteiger charge is -2.47. The van der Waals surface area contributed by atoms with Crippen molar-refractivity contribution < 1.29 is 94.1 Å². The van der Waals surface area contributed by atoms with Gasteiger partial charge in [-0.2, -0.15) is 0 Å². The smallest absolute Gasteiger partial charge is 0.330 e. The average molecular weight is 757 g/mol. The number of carbonyl (C=O) groups excluding carboxylic acids is 1. The lowest BCUT2D eigenvalue weighted by molar-refractivity contribution is -0.375. The standard InChI is InChI=1S/C34H44O19/c1-15-24(41)26(43)27(44)31(50-15)52-28-25(42)22(12-48-23(40)7-4-16-2-5-18(36)20(38)10-16)51-32(47-9-8-17-3-6-19(37)21(39)11-17)29(28)53-33-30(45)34(46,13-35)14-49-33/h2-7,10-11,15,22,24-33,35-39,41-46H,8-9,12-14H2,1H3/t15-,22+,24-,25+,26+,27+,28-,29+,30-,31-,32+,33+,34+/m0/s1. The number of benzene rings is 2. The summed E-state index contributed by atoms with van der Waals surface area (Å²) in [6.45, 7) is -0.888. The van der Waals surface area contributed by atoms with Crippen LogP contribution in [0.1, 0.15) is 18.1 Å². The summed E-state index contributed by atoms with van der Waals surface area (Å²) in [6, 6.07) is 7.90. The first-order valence-corrected chi connectivity index (χ1v) is 16.6. The highest BCUT2D eigenvalue weighted by atomic mass is 16.8. The zero-order valence-electron chi connectivity index (χ0n) is 28.3. The minimum atomic E-state index is -2.13. The molecule has 19 heteroatoms. The first-order chi connectivity index (χ1) is 25.1. The van der Waals surface area contributed by atoms with Crippen molar-refractivity contribution in [1.82, 2.24) is 0 Å². The Labute approximate surface area is 302 Å². The summed E-state index contributed by atoms with van der Waals surface area (Å²) >= 11 is 0. The Hall–Kier alpha value is -3.67. The second-order valence-electron chi connectivity index (χ2n) is 13.0. The number of phenols is 4. The van der Waals surface area contributed by atoms with Crippen LogP contribution in [0.4, 0.5) is 0 Å². The summed E-state index contributed by atoms with van der Waals surface area (Å²) in [6.07, 6.45) is -17.1. The minimum absolute atomic E-state index is 0.116. The minimum Gasteiger partial charge on any atom is -0.504 e. The SMILES string of the molecule is C[C@@H]1O[C@@H](O[C@H]2[C@H](O)[C@@H](COC(=O)C=Cc3ccc(O)c(O)c3)O[C@@H](OCCc3ccc(O)c(O)c3)[C@@H]2O[C@H]2OC[C@](O)(CO)[C@H]2O)[C@H](O)[C@H](O)[C@H]1O. The molecule has 13 atom stereocenters. The maximum atomic E-state index is 12.7. The molecule has 3 fully saturated rings. The third kappa shape index (κ3) is 9.35. The fourth-order valence-electron chi connectivity index (χ4n) is 5.85. The van der Waals surface area contributed by atoms with Gasteiger partial charge in [0.05, 0.1) is 25.9 Å². The highest BCUT2D eigenvalue weighted by Crippen LogP contribution is 2.35. The fourth-order valence-corrected chi connectivity index (χ4v) is 5.85.